The van der Waals surface area contributed by atoms with Gasteiger partial charge >= 0.3 is 7.12 Å². The van der Waals surface area contributed by atoms with Crippen LogP contribution in [-0.2, 0) is 9.31 Å². The lowest BCUT2D eigenvalue weighted by Crippen LogP contribution is -2.41. The van der Waals surface area contributed by atoms with Gasteiger partial charge in [-0.25, -0.2) is 13.2 Å². The number of aliphatic hydroxyl groups excluding tert-OH is 1. The summed E-state index contributed by atoms with van der Waals surface area (Å²) in [5.41, 5.74) is -1.41. The molecule has 2 rings (SSSR count). The van der Waals surface area contributed by atoms with E-state index in [0.717, 1.165) is 12.1 Å². The molecule has 3 nitrogen and oxygen atoms in total. The van der Waals surface area contributed by atoms with Crippen LogP contribution in [0.1, 0.15) is 33.3 Å². The zero-order valence-corrected chi connectivity index (χ0v) is 12.9. The molecule has 0 unspecified atom stereocenters. The van der Waals surface area contributed by atoms with Gasteiger partial charge < -0.3 is 14.4 Å². The van der Waals surface area contributed by atoms with Crippen molar-refractivity contribution in [2.75, 3.05) is 6.61 Å². The highest BCUT2D eigenvalue weighted by Gasteiger charge is 2.52. The second-order valence-corrected chi connectivity index (χ2v) is 6.26. The Hall–Kier alpha value is -1.31. The van der Waals surface area contributed by atoms with Crippen molar-refractivity contribution < 1.29 is 27.6 Å². The van der Waals surface area contributed by atoms with Crippen molar-refractivity contribution in [1.29, 1.82) is 0 Å². The van der Waals surface area contributed by atoms with Gasteiger partial charge in [-0.3, -0.25) is 0 Å². The quantitative estimate of drug-likeness (QED) is 0.688. The van der Waals surface area contributed by atoms with Crippen LogP contribution in [0.2, 0.25) is 0 Å². The van der Waals surface area contributed by atoms with Crippen molar-refractivity contribution in [2.24, 2.45) is 0 Å². The summed E-state index contributed by atoms with van der Waals surface area (Å²) >= 11 is 0. The molecule has 0 radical (unpaired) electrons. The van der Waals surface area contributed by atoms with Gasteiger partial charge in [0, 0.05) is 11.6 Å². The first kappa shape index (κ1) is 17.1. The number of aliphatic hydroxyl groups is 1. The summed E-state index contributed by atoms with van der Waals surface area (Å²) in [6.07, 6.45) is 1.14. The Morgan fingerprint density at radius 1 is 1.14 bits per heavy atom. The van der Waals surface area contributed by atoms with Gasteiger partial charge in [0.1, 0.15) is 5.82 Å². The number of halogens is 3. The summed E-state index contributed by atoms with van der Waals surface area (Å²) in [5, 5.41) is 9.48. The fourth-order valence-corrected chi connectivity index (χ4v) is 2.06. The van der Waals surface area contributed by atoms with E-state index in [1.807, 2.05) is 27.7 Å². The van der Waals surface area contributed by atoms with E-state index in [1.54, 1.807) is 0 Å². The standard InChI is InChI=1S/C15H18BF3O3/c1-14(2)15(3,4)22-16(21-14)10(8-20)5-9-6-11(17)7-12(18)13(9)19/h5-7,20H,8H2,1-4H3. The summed E-state index contributed by atoms with van der Waals surface area (Å²) in [6.45, 7) is 6.80. The van der Waals surface area contributed by atoms with Crippen LogP contribution in [0.5, 0.6) is 0 Å². The van der Waals surface area contributed by atoms with Gasteiger partial charge in [-0.15, -0.1) is 0 Å². The molecule has 1 heterocycles. The molecular formula is C15H18BF3O3. The van der Waals surface area contributed by atoms with E-state index in [-0.39, 0.29) is 11.0 Å². The van der Waals surface area contributed by atoms with Gasteiger partial charge in [0.05, 0.1) is 17.8 Å². The van der Waals surface area contributed by atoms with E-state index in [9.17, 15) is 18.3 Å². The topological polar surface area (TPSA) is 38.7 Å². The minimum absolute atomic E-state index is 0.183. The van der Waals surface area contributed by atoms with Gasteiger partial charge in [0.25, 0.3) is 0 Å². The SMILES string of the molecule is CC1(C)OB(C(=Cc2cc(F)cc(F)c2F)CO)OC1(C)C. The lowest BCUT2D eigenvalue weighted by Gasteiger charge is -2.32. The zero-order valence-electron chi connectivity index (χ0n) is 12.9. The average Bonchev–Trinajstić information content (AvgIpc) is 2.60. The molecule has 1 aromatic rings. The number of hydrogen-bond acceptors (Lipinski definition) is 3. The van der Waals surface area contributed by atoms with E-state index >= 15 is 0 Å². The Labute approximate surface area is 127 Å². The maximum atomic E-state index is 13.7. The lowest BCUT2D eigenvalue weighted by molar-refractivity contribution is 0.00578. The predicted octanol–water partition coefficient (Wildman–Crippen LogP) is 3.11. The fourth-order valence-electron chi connectivity index (χ4n) is 2.06. The van der Waals surface area contributed by atoms with Crippen LogP contribution in [0, 0.1) is 17.5 Å². The maximum Gasteiger partial charge on any atom is 0.492 e. The highest BCUT2D eigenvalue weighted by atomic mass is 19.2. The zero-order chi connectivity index (χ0) is 16.7. The van der Waals surface area contributed by atoms with Crippen molar-refractivity contribution in [3.05, 3.63) is 40.6 Å². The van der Waals surface area contributed by atoms with E-state index in [1.165, 1.54) is 0 Å². The summed E-state index contributed by atoms with van der Waals surface area (Å²) in [7, 11) is -0.916. The van der Waals surface area contributed by atoms with E-state index in [4.69, 9.17) is 9.31 Å². The molecule has 22 heavy (non-hydrogen) atoms. The third kappa shape index (κ3) is 3.07. The van der Waals surface area contributed by atoms with Crippen LogP contribution in [0.25, 0.3) is 6.08 Å². The maximum absolute atomic E-state index is 13.7. The highest BCUT2D eigenvalue weighted by molar-refractivity contribution is 6.55. The highest BCUT2D eigenvalue weighted by Crippen LogP contribution is 2.38. The number of hydrogen-bond donors (Lipinski definition) is 1. The smallest absolute Gasteiger partial charge is 0.400 e. The van der Waals surface area contributed by atoms with Crippen molar-refractivity contribution in [3.63, 3.8) is 0 Å². The molecule has 1 N–H and O–H groups in total. The summed E-state index contributed by atoms with van der Waals surface area (Å²) in [6, 6.07) is 1.30. The van der Waals surface area contributed by atoms with Crippen molar-refractivity contribution >= 4 is 13.2 Å². The molecule has 120 valence electrons. The largest absolute Gasteiger partial charge is 0.492 e. The number of rotatable bonds is 3. The first-order chi connectivity index (χ1) is 10.1. The molecule has 0 aromatic heterocycles. The molecule has 1 aliphatic heterocycles. The Morgan fingerprint density at radius 3 is 2.18 bits per heavy atom. The Bertz CT molecular complexity index is 598. The predicted molar refractivity (Wildman–Crippen MR) is 77.5 cm³/mol. The monoisotopic (exact) mass is 314 g/mol. The van der Waals surface area contributed by atoms with Gasteiger partial charge in [0.2, 0.25) is 0 Å². The van der Waals surface area contributed by atoms with Crippen molar-refractivity contribution in [2.45, 2.75) is 38.9 Å². The second-order valence-electron chi connectivity index (χ2n) is 6.26. The molecule has 1 saturated heterocycles. The van der Waals surface area contributed by atoms with Crippen LogP contribution in [0.4, 0.5) is 13.2 Å². The minimum atomic E-state index is -1.29. The Kier molecular flexibility index (Phi) is 4.43. The van der Waals surface area contributed by atoms with Crippen LogP contribution in [0.3, 0.4) is 0 Å². The van der Waals surface area contributed by atoms with Gasteiger partial charge in [-0.1, -0.05) is 6.08 Å². The summed E-state index contributed by atoms with van der Waals surface area (Å²) in [4.78, 5) is 0. The molecule has 0 atom stereocenters. The molecule has 1 aromatic carbocycles. The fraction of sp³-hybridized carbons (Fsp3) is 0.467. The molecule has 0 bridgehead atoms. The summed E-state index contributed by atoms with van der Waals surface area (Å²) < 4.78 is 51.7. The van der Waals surface area contributed by atoms with Gasteiger partial charge in [0.15, 0.2) is 11.6 Å². The molecule has 0 aliphatic carbocycles. The molecule has 0 saturated carbocycles. The first-order valence-corrected chi connectivity index (χ1v) is 6.89. The number of benzene rings is 1. The Morgan fingerprint density at radius 2 is 1.68 bits per heavy atom. The minimum Gasteiger partial charge on any atom is -0.400 e. The van der Waals surface area contributed by atoms with Crippen LogP contribution in [-0.4, -0.2) is 30.0 Å². The third-order valence-electron chi connectivity index (χ3n) is 4.10. The van der Waals surface area contributed by atoms with Crippen LogP contribution in [0.15, 0.2) is 17.6 Å². The molecular weight excluding hydrogens is 296 g/mol. The average molecular weight is 314 g/mol. The van der Waals surface area contributed by atoms with E-state index in [2.05, 4.69) is 0 Å². The normalized spacial score (nSPS) is 20.5. The Balaban J connectivity index is 2.38. The first-order valence-electron chi connectivity index (χ1n) is 6.89. The van der Waals surface area contributed by atoms with E-state index in [0.29, 0.717) is 6.07 Å². The summed E-state index contributed by atoms with van der Waals surface area (Å²) in [5.74, 6) is -3.39. The third-order valence-corrected chi connectivity index (χ3v) is 4.10. The molecule has 1 fully saturated rings. The van der Waals surface area contributed by atoms with Crippen molar-refractivity contribution in [1.82, 2.24) is 0 Å². The van der Waals surface area contributed by atoms with Crippen LogP contribution >= 0.6 is 0 Å². The molecule has 0 amide bonds. The molecule has 0 spiro atoms. The second kappa shape index (κ2) is 5.72. The lowest BCUT2D eigenvalue weighted by atomic mass is 9.77. The molecule has 7 heteroatoms. The molecule has 1 aliphatic rings. The van der Waals surface area contributed by atoms with Crippen molar-refractivity contribution in [3.8, 4) is 0 Å². The van der Waals surface area contributed by atoms with Gasteiger partial charge in [-0.05, 0) is 39.2 Å². The van der Waals surface area contributed by atoms with Crippen LogP contribution < -0.4 is 0 Å². The van der Waals surface area contributed by atoms with Gasteiger partial charge in [-0.2, -0.15) is 0 Å². The van der Waals surface area contributed by atoms with E-state index < -0.39 is 42.4 Å².